The van der Waals surface area contributed by atoms with E-state index in [9.17, 15) is 0 Å². The number of hydrogen-bond donors (Lipinski definition) is 1. The summed E-state index contributed by atoms with van der Waals surface area (Å²) in [5.41, 5.74) is 0. The van der Waals surface area contributed by atoms with Gasteiger partial charge in [0.05, 0.1) is 13.2 Å². The van der Waals surface area contributed by atoms with Crippen molar-refractivity contribution in [2.24, 2.45) is 0 Å². The lowest BCUT2D eigenvalue weighted by atomic mass is 10.4. The minimum atomic E-state index is 0.463. The van der Waals surface area contributed by atoms with Crippen LogP contribution in [0.2, 0.25) is 0 Å². The minimum Gasteiger partial charge on any atom is -0.481 e. The number of rotatable bonds is 6. The van der Waals surface area contributed by atoms with Crippen molar-refractivity contribution in [3.8, 4) is 11.8 Å². The molecule has 0 saturated heterocycles. The maximum Gasteiger partial charge on any atom is 0.220 e. The SMILES string of the molecule is COc1cc(OCCNC(C)C)nc(C)n1. The van der Waals surface area contributed by atoms with Crippen LogP contribution in [-0.4, -0.2) is 36.3 Å². The molecule has 1 N–H and O–H groups in total. The van der Waals surface area contributed by atoms with E-state index in [1.165, 1.54) is 0 Å². The largest absolute Gasteiger partial charge is 0.481 e. The smallest absolute Gasteiger partial charge is 0.220 e. The van der Waals surface area contributed by atoms with Crippen LogP contribution in [0.1, 0.15) is 19.7 Å². The maximum atomic E-state index is 5.49. The Balaban J connectivity index is 2.44. The summed E-state index contributed by atoms with van der Waals surface area (Å²) in [5, 5.41) is 3.26. The Kier molecular flexibility index (Phi) is 4.98. The predicted octanol–water partition coefficient (Wildman–Crippen LogP) is 1.17. The van der Waals surface area contributed by atoms with Crippen molar-refractivity contribution in [3.63, 3.8) is 0 Å². The van der Waals surface area contributed by atoms with E-state index in [2.05, 4.69) is 29.1 Å². The van der Waals surface area contributed by atoms with E-state index in [1.807, 2.05) is 6.92 Å². The van der Waals surface area contributed by atoms with Gasteiger partial charge in [0.1, 0.15) is 12.4 Å². The molecule has 0 unspecified atom stereocenters. The van der Waals surface area contributed by atoms with Gasteiger partial charge in [-0.25, -0.2) is 0 Å². The fourth-order valence-electron chi connectivity index (χ4n) is 1.20. The fraction of sp³-hybridized carbons (Fsp3) is 0.636. The number of nitrogens with one attached hydrogen (secondary N) is 1. The third-order valence-electron chi connectivity index (χ3n) is 1.90. The Labute approximate surface area is 96.2 Å². The molecular formula is C11H19N3O2. The number of methoxy groups -OCH3 is 1. The normalized spacial score (nSPS) is 10.6. The lowest BCUT2D eigenvalue weighted by Crippen LogP contribution is -2.27. The van der Waals surface area contributed by atoms with Gasteiger partial charge in [0.15, 0.2) is 0 Å². The molecule has 5 heteroatoms. The van der Waals surface area contributed by atoms with Crippen LogP contribution in [0.5, 0.6) is 11.8 Å². The molecule has 0 spiro atoms. The third kappa shape index (κ3) is 4.44. The van der Waals surface area contributed by atoms with Crippen molar-refractivity contribution >= 4 is 0 Å². The number of ether oxygens (including phenoxy) is 2. The minimum absolute atomic E-state index is 0.463. The van der Waals surface area contributed by atoms with E-state index in [1.54, 1.807) is 13.2 Å². The molecule has 90 valence electrons. The van der Waals surface area contributed by atoms with Crippen molar-refractivity contribution in [1.82, 2.24) is 15.3 Å². The van der Waals surface area contributed by atoms with Crippen LogP contribution in [0.25, 0.3) is 0 Å². The summed E-state index contributed by atoms with van der Waals surface area (Å²) in [4.78, 5) is 8.24. The van der Waals surface area contributed by atoms with Gasteiger partial charge in [-0.15, -0.1) is 0 Å². The summed E-state index contributed by atoms with van der Waals surface area (Å²) in [7, 11) is 1.58. The first-order chi connectivity index (χ1) is 7.61. The summed E-state index contributed by atoms with van der Waals surface area (Å²) in [6.07, 6.45) is 0. The van der Waals surface area contributed by atoms with E-state index in [0.717, 1.165) is 6.54 Å². The number of hydrogen-bond acceptors (Lipinski definition) is 5. The Morgan fingerprint density at radius 2 is 2.00 bits per heavy atom. The molecule has 0 aliphatic carbocycles. The van der Waals surface area contributed by atoms with Gasteiger partial charge in [0, 0.05) is 12.6 Å². The first-order valence-corrected chi connectivity index (χ1v) is 5.37. The molecule has 0 aliphatic rings. The highest BCUT2D eigenvalue weighted by molar-refractivity contribution is 5.20. The Morgan fingerprint density at radius 1 is 1.31 bits per heavy atom. The molecule has 1 aromatic rings. The Bertz CT molecular complexity index is 329. The van der Waals surface area contributed by atoms with Gasteiger partial charge in [-0.1, -0.05) is 13.8 Å². The second-order valence-corrected chi connectivity index (χ2v) is 3.75. The molecule has 0 aromatic carbocycles. The summed E-state index contributed by atoms with van der Waals surface area (Å²) >= 11 is 0. The zero-order valence-electron chi connectivity index (χ0n) is 10.3. The van der Waals surface area contributed by atoms with Crippen LogP contribution in [0.4, 0.5) is 0 Å². The van der Waals surface area contributed by atoms with Crippen molar-refractivity contribution in [2.75, 3.05) is 20.3 Å². The van der Waals surface area contributed by atoms with Crippen LogP contribution in [0.15, 0.2) is 6.07 Å². The molecule has 0 bridgehead atoms. The highest BCUT2D eigenvalue weighted by atomic mass is 16.5. The van der Waals surface area contributed by atoms with Gasteiger partial charge in [0.2, 0.25) is 11.8 Å². The van der Waals surface area contributed by atoms with Gasteiger partial charge in [-0.3, -0.25) is 0 Å². The van der Waals surface area contributed by atoms with Gasteiger partial charge >= 0.3 is 0 Å². The Hall–Kier alpha value is -1.36. The van der Waals surface area contributed by atoms with Crippen molar-refractivity contribution in [2.45, 2.75) is 26.8 Å². The zero-order valence-corrected chi connectivity index (χ0v) is 10.3. The van der Waals surface area contributed by atoms with Crippen LogP contribution >= 0.6 is 0 Å². The van der Waals surface area contributed by atoms with E-state index in [-0.39, 0.29) is 0 Å². The van der Waals surface area contributed by atoms with Gasteiger partial charge < -0.3 is 14.8 Å². The van der Waals surface area contributed by atoms with E-state index in [4.69, 9.17) is 9.47 Å². The molecular weight excluding hydrogens is 206 g/mol. The first-order valence-electron chi connectivity index (χ1n) is 5.37. The molecule has 0 fully saturated rings. The van der Waals surface area contributed by atoms with E-state index < -0.39 is 0 Å². The fourth-order valence-corrected chi connectivity index (χ4v) is 1.20. The molecule has 1 rings (SSSR count). The second kappa shape index (κ2) is 6.27. The second-order valence-electron chi connectivity index (χ2n) is 3.75. The molecule has 0 saturated carbocycles. The molecule has 0 atom stereocenters. The monoisotopic (exact) mass is 225 g/mol. The molecule has 0 radical (unpaired) electrons. The molecule has 0 aliphatic heterocycles. The summed E-state index contributed by atoms with van der Waals surface area (Å²) in [6, 6.07) is 2.15. The number of nitrogens with zero attached hydrogens (tertiary/aromatic N) is 2. The standard InChI is InChI=1S/C11H19N3O2/c1-8(2)12-5-6-16-11-7-10(15-4)13-9(3)14-11/h7-8,12H,5-6H2,1-4H3. The summed E-state index contributed by atoms with van der Waals surface area (Å²) in [5.74, 6) is 1.72. The van der Waals surface area contributed by atoms with Crippen LogP contribution in [0.3, 0.4) is 0 Å². The molecule has 5 nitrogen and oxygen atoms in total. The number of aryl methyl sites for hydroxylation is 1. The first kappa shape index (κ1) is 12.7. The lowest BCUT2D eigenvalue weighted by molar-refractivity contribution is 0.292. The number of aromatic nitrogens is 2. The highest BCUT2D eigenvalue weighted by Gasteiger charge is 2.02. The van der Waals surface area contributed by atoms with Crippen molar-refractivity contribution in [3.05, 3.63) is 11.9 Å². The average molecular weight is 225 g/mol. The zero-order chi connectivity index (χ0) is 12.0. The Morgan fingerprint density at radius 3 is 2.62 bits per heavy atom. The average Bonchev–Trinajstić information content (AvgIpc) is 2.23. The van der Waals surface area contributed by atoms with E-state index in [0.29, 0.717) is 30.2 Å². The van der Waals surface area contributed by atoms with Gasteiger partial charge in [-0.05, 0) is 6.92 Å². The van der Waals surface area contributed by atoms with Crippen molar-refractivity contribution < 1.29 is 9.47 Å². The van der Waals surface area contributed by atoms with Crippen LogP contribution in [-0.2, 0) is 0 Å². The highest BCUT2D eigenvalue weighted by Crippen LogP contribution is 2.14. The van der Waals surface area contributed by atoms with Gasteiger partial charge in [-0.2, -0.15) is 9.97 Å². The van der Waals surface area contributed by atoms with Crippen molar-refractivity contribution in [1.29, 1.82) is 0 Å². The quantitative estimate of drug-likeness (QED) is 0.736. The summed E-state index contributed by atoms with van der Waals surface area (Å²) in [6.45, 7) is 7.37. The van der Waals surface area contributed by atoms with Crippen LogP contribution < -0.4 is 14.8 Å². The van der Waals surface area contributed by atoms with E-state index >= 15 is 0 Å². The van der Waals surface area contributed by atoms with Crippen LogP contribution in [0, 0.1) is 6.92 Å². The van der Waals surface area contributed by atoms with Gasteiger partial charge in [0.25, 0.3) is 0 Å². The third-order valence-corrected chi connectivity index (χ3v) is 1.90. The molecule has 0 amide bonds. The summed E-state index contributed by atoms with van der Waals surface area (Å²) < 4.78 is 10.5. The molecule has 16 heavy (non-hydrogen) atoms. The topological polar surface area (TPSA) is 56.3 Å². The molecule has 1 heterocycles. The maximum absolute atomic E-state index is 5.49. The molecule has 1 aromatic heterocycles. The predicted molar refractivity (Wildman–Crippen MR) is 62.0 cm³/mol. The lowest BCUT2D eigenvalue weighted by Gasteiger charge is -2.09.